The van der Waals surface area contributed by atoms with Crippen LogP contribution in [0.1, 0.15) is 20.3 Å². The lowest BCUT2D eigenvalue weighted by Crippen LogP contribution is -1.97. The van der Waals surface area contributed by atoms with Crippen LogP contribution in [0.3, 0.4) is 0 Å². The minimum atomic E-state index is -0.0625. The van der Waals surface area contributed by atoms with Crippen molar-refractivity contribution in [2.45, 2.75) is 20.3 Å². The van der Waals surface area contributed by atoms with Gasteiger partial charge in [0.2, 0.25) is 0 Å². The maximum absolute atomic E-state index is 10.0. The van der Waals surface area contributed by atoms with E-state index in [2.05, 4.69) is 72.8 Å². The van der Waals surface area contributed by atoms with E-state index in [0.29, 0.717) is 5.75 Å². The number of Topliss-reactive ketones (excluding diaryl/α,β-unsaturated/α-hetero) is 2. The van der Waals surface area contributed by atoms with E-state index in [1.54, 1.807) is 24.3 Å². The number of benzene rings is 6. The van der Waals surface area contributed by atoms with Gasteiger partial charge in [-0.15, -0.1) is 0 Å². The van der Waals surface area contributed by atoms with Crippen LogP contribution in [-0.2, 0) is 9.59 Å². The molecule has 6 aromatic rings. The molecule has 0 aliphatic carbocycles. The van der Waals surface area contributed by atoms with Crippen molar-refractivity contribution in [2.75, 3.05) is 0 Å². The molecule has 0 aliphatic rings. The number of ketones is 2. The lowest BCUT2D eigenvalue weighted by molar-refractivity contribution is -0.124. The van der Waals surface area contributed by atoms with Gasteiger partial charge in [0.05, 0.1) is 6.42 Å². The third-order valence-electron chi connectivity index (χ3n) is 5.64. The van der Waals surface area contributed by atoms with Crippen LogP contribution in [0.2, 0.25) is 0 Å². The van der Waals surface area contributed by atoms with Crippen molar-refractivity contribution in [3.05, 3.63) is 103 Å². The predicted molar refractivity (Wildman–Crippen MR) is 142 cm³/mol. The van der Waals surface area contributed by atoms with E-state index in [0.717, 1.165) is 0 Å². The Balaban J connectivity index is 0.000000162. The van der Waals surface area contributed by atoms with Crippen molar-refractivity contribution >= 4 is 54.7 Å². The molecule has 0 aliphatic heterocycles. The van der Waals surface area contributed by atoms with E-state index >= 15 is 0 Å². The number of rotatable bonds is 2. The molecule has 6 rings (SSSR count). The van der Waals surface area contributed by atoms with Crippen molar-refractivity contribution in [3.8, 4) is 5.75 Å². The number of carbonyl (C=O) groups is 2. The number of phenols is 1. The monoisotopic (exact) mass is 446 g/mol. The summed E-state index contributed by atoms with van der Waals surface area (Å²) in [7, 11) is 0. The Bertz CT molecular complexity index is 1400. The molecule has 6 aromatic carbocycles. The fourth-order valence-corrected chi connectivity index (χ4v) is 4.36. The Morgan fingerprint density at radius 1 is 0.529 bits per heavy atom. The highest BCUT2D eigenvalue weighted by Crippen LogP contribution is 2.39. The second kappa shape index (κ2) is 10.1. The summed E-state index contributed by atoms with van der Waals surface area (Å²) in [5.41, 5.74) is 0. The predicted octanol–water partition coefficient (Wildman–Crippen LogP) is 7.68. The normalized spacial score (nSPS) is 10.5. The zero-order valence-electron chi connectivity index (χ0n) is 19.3. The highest BCUT2D eigenvalue weighted by Gasteiger charge is 2.11. The molecule has 0 fully saturated rings. The van der Waals surface area contributed by atoms with E-state index in [9.17, 15) is 9.59 Å². The third kappa shape index (κ3) is 4.89. The number of hydrogen-bond acceptors (Lipinski definition) is 3. The quantitative estimate of drug-likeness (QED) is 0.169. The zero-order valence-corrected chi connectivity index (χ0v) is 19.3. The molecule has 0 heterocycles. The van der Waals surface area contributed by atoms with Gasteiger partial charge in [0.25, 0.3) is 0 Å². The van der Waals surface area contributed by atoms with E-state index in [4.69, 9.17) is 5.11 Å². The van der Waals surface area contributed by atoms with E-state index in [1.807, 2.05) is 6.07 Å². The van der Waals surface area contributed by atoms with Crippen LogP contribution in [0.25, 0.3) is 43.1 Å². The number of para-hydroxylation sites is 1. The van der Waals surface area contributed by atoms with Gasteiger partial charge < -0.3 is 5.11 Å². The molecule has 3 nitrogen and oxygen atoms in total. The highest BCUT2D eigenvalue weighted by atomic mass is 16.3. The molecule has 0 aromatic heterocycles. The summed E-state index contributed by atoms with van der Waals surface area (Å²) >= 11 is 0. The molecule has 0 amide bonds. The van der Waals surface area contributed by atoms with Gasteiger partial charge in [0.1, 0.15) is 17.3 Å². The number of phenolic OH excluding ortho intramolecular Hbond substituents is 1. The van der Waals surface area contributed by atoms with Crippen molar-refractivity contribution in [1.82, 2.24) is 0 Å². The second-order valence-electron chi connectivity index (χ2n) is 8.33. The van der Waals surface area contributed by atoms with E-state index < -0.39 is 0 Å². The average Bonchev–Trinajstić information content (AvgIpc) is 2.83. The Morgan fingerprint density at radius 3 is 1.12 bits per heavy atom. The maximum Gasteiger partial charge on any atom is 0.137 e. The molecule has 0 bridgehead atoms. The molecular weight excluding hydrogens is 420 g/mol. The first-order valence-electron chi connectivity index (χ1n) is 11.2. The Labute approximate surface area is 198 Å². The Hall–Kier alpha value is -4.24. The van der Waals surface area contributed by atoms with Gasteiger partial charge in [0, 0.05) is 0 Å². The number of fused-ring (bicyclic) bond motifs is 2. The van der Waals surface area contributed by atoms with Crippen molar-refractivity contribution in [1.29, 1.82) is 0 Å². The molecule has 0 unspecified atom stereocenters. The summed E-state index contributed by atoms with van der Waals surface area (Å²) in [4.78, 5) is 20.1. The molecule has 0 saturated heterocycles. The molecule has 3 heteroatoms. The summed E-state index contributed by atoms with van der Waals surface area (Å²) < 4.78 is 0. The largest absolute Gasteiger partial charge is 0.508 e. The van der Waals surface area contributed by atoms with Gasteiger partial charge >= 0.3 is 0 Å². The van der Waals surface area contributed by atoms with Crippen molar-refractivity contribution in [2.24, 2.45) is 0 Å². The summed E-state index contributed by atoms with van der Waals surface area (Å²) in [5.74, 6) is 0.197. The molecular formula is C31H26O3. The molecule has 0 spiro atoms. The van der Waals surface area contributed by atoms with Gasteiger partial charge in [-0.3, -0.25) is 9.59 Å². The zero-order chi connectivity index (χ0) is 24.1. The third-order valence-corrected chi connectivity index (χ3v) is 5.64. The Morgan fingerprint density at radius 2 is 0.882 bits per heavy atom. The van der Waals surface area contributed by atoms with Crippen LogP contribution in [0.4, 0.5) is 0 Å². The molecule has 1 N–H and O–H groups in total. The first-order chi connectivity index (χ1) is 16.5. The fourth-order valence-electron chi connectivity index (χ4n) is 4.36. The van der Waals surface area contributed by atoms with Crippen LogP contribution in [-0.4, -0.2) is 16.7 Å². The summed E-state index contributed by atoms with van der Waals surface area (Å²) in [5, 5.41) is 19.5. The standard InChI is InChI=1S/C20H12.C6H6O.C5H8O2/c1-5-13-6-2-11-17-18-12-4-8-14-7-3-10-16(20(14)18)15(9-1)19(13)17;7-6-4-2-1-3-5-6;1-4(6)3-5(2)7/h1-12H;1-5,7H;3H2,1-2H3. The first-order valence-corrected chi connectivity index (χ1v) is 11.2. The van der Waals surface area contributed by atoms with E-state index in [1.165, 1.54) is 56.9 Å². The minimum absolute atomic E-state index is 0.0625. The topological polar surface area (TPSA) is 54.4 Å². The van der Waals surface area contributed by atoms with Crippen LogP contribution in [0, 0.1) is 0 Å². The van der Waals surface area contributed by atoms with Gasteiger partial charge in [-0.1, -0.05) is 91.0 Å². The van der Waals surface area contributed by atoms with Gasteiger partial charge in [-0.05, 0) is 69.1 Å². The van der Waals surface area contributed by atoms with Crippen molar-refractivity contribution in [3.63, 3.8) is 0 Å². The van der Waals surface area contributed by atoms with Gasteiger partial charge in [0.15, 0.2) is 0 Å². The van der Waals surface area contributed by atoms with Crippen LogP contribution < -0.4 is 0 Å². The summed E-state index contributed by atoms with van der Waals surface area (Å²) in [6.45, 7) is 2.81. The highest BCUT2D eigenvalue weighted by molar-refractivity contribution is 6.32. The van der Waals surface area contributed by atoms with Crippen LogP contribution in [0.5, 0.6) is 5.75 Å². The van der Waals surface area contributed by atoms with Crippen molar-refractivity contribution < 1.29 is 14.7 Å². The number of hydrogen-bond donors (Lipinski definition) is 1. The SMILES string of the molecule is CC(=O)CC(C)=O.Oc1ccccc1.c1cc2cccc3c4cccc5cccc(c(c1)c23)c54. The minimum Gasteiger partial charge on any atom is -0.508 e. The second-order valence-corrected chi connectivity index (χ2v) is 8.33. The number of carbonyl (C=O) groups excluding carboxylic acids is 2. The number of aromatic hydroxyl groups is 1. The first kappa shape index (κ1) is 22.9. The van der Waals surface area contributed by atoms with Crippen LogP contribution >= 0.6 is 0 Å². The lowest BCUT2D eigenvalue weighted by atomic mass is 9.90. The van der Waals surface area contributed by atoms with Crippen LogP contribution in [0.15, 0.2) is 103 Å². The molecule has 0 radical (unpaired) electrons. The molecule has 34 heavy (non-hydrogen) atoms. The molecule has 0 atom stereocenters. The lowest BCUT2D eigenvalue weighted by Gasteiger charge is -2.13. The maximum atomic E-state index is 10.0. The summed E-state index contributed by atoms with van der Waals surface area (Å²) in [6, 6.07) is 35.2. The summed E-state index contributed by atoms with van der Waals surface area (Å²) in [6.07, 6.45) is 0.0833. The smallest absolute Gasteiger partial charge is 0.137 e. The fraction of sp³-hybridized carbons (Fsp3) is 0.0968. The van der Waals surface area contributed by atoms with E-state index in [-0.39, 0.29) is 18.0 Å². The molecule has 168 valence electrons. The van der Waals surface area contributed by atoms with Gasteiger partial charge in [-0.25, -0.2) is 0 Å². The molecule has 0 saturated carbocycles. The average molecular weight is 447 g/mol. The van der Waals surface area contributed by atoms with Gasteiger partial charge in [-0.2, -0.15) is 0 Å². The Kier molecular flexibility index (Phi) is 6.84.